The van der Waals surface area contributed by atoms with E-state index in [1.165, 1.54) is 7.11 Å². The number of carboxylic acids is 1. The smallest absolute Gasteiger partial charge is 0.325 e. The number of imidazole rings is 1. The summed E-state index contributed by atoms with van der Waals surface area (Å²) in [6.07, 6.45) is 0. The third kappa shape index (κ3) is 2.62. The molecule has 0 saturated carbocycles. The van der Waals surface area contributed by atoms with Gasteiger partial charge >= 0.3 is 11.9 Å². The van der Waals surface area contributed by atoms with Crippen molar-refractivity contribution in [2.24, 2.45) is 7.05 Å². The average Bonchev–Trinajstić information content (AvgIpc) is 2.87. The predicted molar refractivity (Wildman–Crippen MR) is 71.6 cm³/mol. The van der Waals surface area contributed by atoms with Gasteiger partial charge in [0.25, 0.3) is 0 Å². The molecule has 0 saturated heterocycles. The molecule has 2 rings (SSSR count). The Kier molecular flexibility index (Phi) is 3.98. The van der Waals surface area contributed by atoms with E-state index >= 15 is 0 Å². The molecule has 0 aliphatic carbocycles. The van der Waals surface area contributed by atoms with Crippen LogP contribution in [-0.2, 0) is 27.9 Å². The van der Waals surface area contributed by atoms with Gasteiger partial charge in [0, 0.05) is 7.05 Å². The lowest BCUT2D eigenvalue weighted by Gasteiger charge is -2.07. The predicted octanol–water partition coefficient (Wildman–Crippen LogP) is 0.428. The molecule has 0 aromatic carbocycles. The van der Waals surface area contributed by atoms with Gasteiger partial charge in [-0.3, -0.25) is 18.8 Å². The highest BCUT2D eigenvalue weighted by atomic mass is 32.2. The highest BCUT2D eigenvalue weighted by Gasteiger charge is 2.20. The number of fused-ring (bicyclic) bond motifs is 1. The Balaban J connectivity index is 2.48. The second-order valence-corrected chi connectivity index (χ2v) is 5.06. The second-order valence-electron chi connectivity index (χ2n) is 4.12. The number of hydrogen-bond acceptors (Lipinski definition) is 6. The molecule has 0 unspecified atom stereocenters. The highest BCUT2D eigenvalue weighted by Crippen LogP contribution is 2.25. The summed E-state index contributed by atoms with van der Waals surface area (Å²) < 4.78 is 7.89. The van der Waals surface area contributed by atoms with Crippen LogP contribution < -0.4 is 0 Å². The normalized spacial score (nSPS) is 10.9. The number of carbonyl (C=O) groups is 2. The summed E-state index contributed by atoms with van der Waals surface area (Å²) in [7, 11) is 3.05. The maximum absolute atomic E-state index is 11.5. The average molecular weight is 298 g/mol. The third-order valence-electron chi connectivity index (χ3n) is 2.69. The molecule has 0 bridgehead atoms. The molecule has 0 spiro atoms. The minimum atomic E-state index is -0.943. The van der Waals surface area contributed by atoms with Gasteiger partial charge in [-0.2, -0.15) is 5.10 Å². The molecule has 2 aromatic heterocycles. The summed E-state index contributed by atoms with van der Waals surface area (Å²) in [5, 5.41) is 13.5. The molecule has 0 amide bonds. The van der Waals surface area contributed by atoms with Crippen molar-refractivity contribution >= 4 is 34.9 Å². The number of aromatic nitrogens is 4. The van der Waals surface area contributed by atoms with Crippen LogP contribution in [0.2, 0.25) is 0 Å². The Morgan fingerprint density at radius 3 is 2.75 bits per heavy atom. The van der Waals surface area contributed by atoms with Gasteiger partial charge in [-0.25, -0.2) is 4.98 Å². The largest absolute Gasteiger partial charge is 0.481 e. The van der Waals surface area contributed by atoms with Crippen molar-refractivity contribution in [3.05, 3.63) is 5.69 Å². The fraction of sp³-hybridized carbons (Fsp3) is 0.455. The van der Waals surface area contributed by atoms with Gasteiger partial charge in [0.15, 0.2) is 10.8 Å². The zero-order chi connectivity index (χ0) is 14.9. The summed E-state index contributed by atoms with van der Waals surface area (Å²) in [6, 6.07) is 0. The number of aryl methyl sites for hydroxylation is 2. The minimum Gasteiger partial charge on any atom is -0.481 e. The van der Waals surface area contributed by atoms with Crippen LogP contribution in [0.3, 0.4) is 0 Å². The summed E-state index contributed by atoms with van der Waals surface area (Å²) in [6.45, 7) is 1.78. The Hall–Kier alpha value is -2.03. The summed E-state index contributed by atoms with van der Waals surface area (Å²) in [5.41, 5.74) is 2.05. The number of aliphatic carboxylic acids is 1. The molecule has 0 aliphatic rings. The van der Waals surface area contributed by atoms with Crippen LogP contribution in [0.1, 0.15) is 5.69 Å². The first-order valence-corrected chi connectivity index (χ1v) is 6.73. The van der Waals surface area contributed by atoms with Crippen LogP contribution in [0.5, 0.6) is 0 Å². The van der Waals surface area contributed by atoms with Gasteiger partial charge in [0.1, 0.15) is 12.1 Å². The Morgan fingerprint density at radius 2 is 2.15 bits per heavy atom. The number of carbonyl (C=O) groups excluding carboxylic acids is 1. The van der Waals surface area contributed by atoms with Gasteiger partial charge in [-0.05, 0) is 6.92 Å². The van der Waals surface area contributed by atoms with Crippen LogP contribution in [0.4, 0.5) is 0 Å². The number of nitrogens with zero attached hydrogens (tertiary/aromatic N) is 4. The first-order valence-electron chi connectivity index (χ1n) is 5.75. The van der Waals surface area contributed by atoms with Crippen molar-refractivity contribution in [3.63, 3.8) is 0 Å². The van der Waals surface area contributed by atoms with Crippen molar-refractivity contribution in [3.8, 4) is 0 Å². The molecule has 9 heteroatoms. The number of esters is 1. The maximum Gasteiger partial charge on any atom is 0.325 e. The number of hydrogen-bond donors (Lipinski definition) is 1. The molecule has 0 aliphatic heterocycles. The monoisotopic (exact) mass is 298 g/mol. The van der Waals surface area contributed by atoms with Gasteiger partial charge in [0.05, 0.1) is 18.6 Å². The number of thioether (sulfide) groups is 1. The molecule has 0 atom stereocenters. The highest BCUT2D eigenvalue weighted by molar-refractivity contribution is 7.99. The molecule has 8 nitrogen and oxygen atoms in total. The van der Waals surface area contributed by atoms with Crippen LogP contribution in [-0.4, -0.2) is 49.2 Å². The minimum absolute atomic E-state index is 0.0338. The van der Waals surface area contributed by atoms with Crippen LogP contribution in [0.25, 0.3) is 11.2 Å². The van der Waals surface area contributed by atoms with Crippen molar-refractivity contribution in [1.82, 2.24) is 19.3 Å². The van der Waals surface area contributed by atoms with E-state index in [4.69, 9.17) is 5.11 Å². The van der Waals surface area contributed by atoms with Gasteiger partial charge in [-0.1, -0.05) is 11.8 Å². The third-order valence-corrected chi connectivity index (χ3v) is 3.66. The van der Waals surface area contributed by atoms with E-state index in [0.29, 0.717) is 16.3 Å². The summed E-state index contributed by atoms with van der Waals surface area (Å²) in [4.78, 5) is 26.6. The van der Waals surface area contributed by atoms with Crippen molar-refractivity contribution in [2.45, 2.75) is 18.6 Å². The lowest BCUT2D eigenvalue weighted by atomic mass is 10.4. The van der Waals surface area contributed by atoms with E-state index in [1.807, 2.05) is 6.92 Å². The number of methoxy groups -OCH3 is 1. The van der Waals surface area contributed by atoms with E-state index in [-0.39, 0.29) is 12.3 Å². The molecule has 0 fully saturated rings. The summed E-state index contributed by atoms with van der Waals surface area (Å²) >= 11 is 1.06. The van der Waals surface area contributed by atoms with E-state index in [0.717, 1.165) is 17.5 Å². The Bertz CT molecular complexity index is 676. The number of ether oxygens (including phenoxy) is 1. The molecule has 1 N–H and O–H groups in total. The summed E-state index contributed by atoms with van der Waals surface area (Å²) in [5.74, 6) is -1.50. The first-order chi connectivity index (χ1) is 9.43. The fourth-order valence-electron chi connectivity index (χ4n) is 1.89. The fourth-order valence-corrected chi connectivity index (χ4v) is 2.60. The van der Waals surface area contributed by atoms with E-state index in [2.05, 4.69) is 14.8 Å². The molecular formula is C11H14N4O4S. The van der Waals surface area contributed by atoms with Crippen LogP contribution in [0, 0.1) is 6.92 Å². The van der Waals surface area contributed by atoms with E-state index < -0.39 is 11.9 Å². The molecule has 0 radical (unpaired) electrons. The van der Waals surface area contributed by atoms with E-state index in [1.54, 1.807) is 16.3 Å². The Labute approximate surface area is 118 Å². The quantitative estimate of drug-likeness (QED) is 0.631. The van der Waals surface area contributed by atoms with Gasteiger partial charge in [-0.15, -0.1) is 0 Å². The first kappa shape index (κ1) is 14.4. The zero-order valence-corrected chi connectivity index (χ0v) is 12.1. The van der Waals surface area contributed by atoms with Gasteiger partial charge in [0.2, 0.25) is 0 Å². The molecule has 108 valence electrons. The second kappa shape index (κ2) is 5.53. The Morgan fingerprint density at radius 1 is 1.45 bits per heavy atom. The van der Waals surface area contributed by atoms with Gasteiger partial charge < -0.3 is 9.84 Å². The van der Waals surface area contributed by atoms with Crippen molar-refractivity contribution in [2.75, 3.05) is 12.9 Å². The number of carboxylic acid groups (broad SMARTS) is 1. The lowest BCUT2D eigenvalue weighted by molar-refractivity contribution is -0.141. The van der Waals surface area contributed by atoms with E-state index in [9.17, 15) is 9.59 Å². The standard InChI is InChI=1S/C11H14N4O4S/c1-6-9-10(14(2)13-6)15(4-8(18)19-3)11(12-9)20-5-7(16)17/h4-5H2,1-3H3,(H,16,17). The molecule has 2 aromatic rings. The topological polar surface area (TPSA) is 99.2 Å². The number of rotatable bonds is 5. The lowest BCUT2D eigenvalue weighted by Crippen LogP contribution is -2.14. The SMILES string of the molecule is COC(=O)Cn1c(SCC(=O)O)nc2c(C)nn(C)c21. The van der Waals surface area contributed by atoms with Crippen molar-refractivity contribution < 1.29 is 19.4 Å². The molecule has 20 heavy (non-hydrogen) atoms. The van der Waals surface area contributed by atoms with Crippen LogP contribution >= 0.6 is 11.8 Å². The maximum atomic E-state index is 11.5. The molecule has 2 heterocycles. The zero-order valence-electron chi connectivity index (χ0n) is 11.3. The van der Waals surface area contributed by atoms with Crippen molar-refractivity contribution in [1.29, 1.82) is 0 Å². The van der Waals surface area contributed by atoms with Crippen LogP contribution in [0.15, 0.2) is 5.16 Å². The molecular weight excluding hydrogens is 284 g/mol.